The van der Waals surface area contributed by atoms with Crippen molar-refractivity contribution in [2.45, 2.75) is 46.1 Å². The summed E-state index contributed by atoms with van der Waals surface area (Å²) in [5, 5.41) is 12.1. The number of hydrogen-bond acceptors (Lipinski definition) is 4. The van der Waals surface area contributed by atoms with Crippen molar-refractivity contribution in [1.82, 2.24) is 5.32 Å². The fraction of sp³-hybridized carbons (Fsp3) is 0.786. The minimum absolute atomic E-state index is 0.00698. The zero-order valence-electron chi connectivity index (χ0n) is 12.1. The van der Waals surface area contributed by atoms with Crippen molar-refractivity contribution >= 4 is 28.8 Å². The molecule has 3 atom stereocenters. The first kappa shape index (κ1) is 15.4. The molecule has 0 aromatic heterocycles. The molecule has 1 saturated heterocycles. The van der Waals surface area contributed by atoms with Gasteiger partial charge in [0, 0.05) is 5.75 Å². The summed E-state index contributed by atoms with van der Waals surface area (Å²) in [4.78, 5) is 35.5. The number of aliphatic carboxylic acids is 1. The van der Waals surface area contributed by atoms with Crippen LogP contribution in [-0.4, -0.2) is 33.9 Å². The normalized spacial score (nSPS) is 36.0. The molecule has 2 fully saturated rings. The van der Waals surface area contributed by atoms with Gasteiger partial charge in [-0.05, 0) is 24.7 Å². The highest BCUT2D eigenvalue weighted by Crippen LogP contribution is 2.56. The molecule has 112 valence electrons. The Morgan fingerprint density at radius 2 is 1.95 bits per heavy atom. The Balaban J connectivity index is 2.16. The lowest BCUT2D eigenvalue weighted by atomic mass is 9.65. The molecule has 2 rings (SSSR count). The van der Waals surface area contributed by atoms with Gasteiger partial charge in [-0.25, -0.2) is 0 Å². The maximum Gasteiger partial charge on any atom is 0.307 e. The van der Waals surface area contributed by atoms with Gasteiger partial charge < -0.3 is 10.4 Å². The second-order valence-electron chi connectivity index (χ2n) is 6.47. The molecule has 0 aromatic rings. The second kappa shape index (κ2) is 5.06. The number of carbonyl (C=O) groups is 3. The van der Waals surface area contributed by atoms with Crippen molar-refractivity contribution in [2.24, 2.45) is 16.7 Å². The molecule has 1 saturated carbocycles. The number of carbonyl (C=O) groups excluding carboxylic acids is 2. The SMILES string of the molecule is CC1(C(=O)NC2CCSC2=O)CCC(C(=O)O)C1(C)C. The molecule has 2 N–H and O–H groups in total. The minimum Gasteiger partial charge on any atom is -0.481 e. The van der Waals surface area contributed by atoms with Crippen LogP contribution in [0.15, 0.2) is 0 Å². The third-order valence-electron chi connectivity index (χ3n) is 5.27. The Morgan fingerprint density at radius 3 is 2.40 bits per heavy atom. The largest absolute Gasteiger partial charge is 0.481 e. The van der Waals surface area contributed by atoms with Crippen molar-refractivity contribution in [3.05, 3.63) is 0 Å². The van der Waals surface area contributed by atoms with Gasteiger partial charge in [-0.3, -0.25) is 14.4 Å². The van der Waals surface area contributed by atoms with E-state index in [9.17, 15) is 19.5 Å². The topological polar surface area (TPSA) is 83.5 Å². The van der Waals surface area contributed by atoms with Crippen LogP contribution in [0.3, 0.4) is 0 Å². The van der Waals surface area contributed by atoms with E-state index >= 15 is 0 Å². The molecule has 0 spiro atoms. The van der Waals surface area contributed by atoms with Gasteiger partial charge in [0.05, 0.1) is 17.4 Å². The van der Waals surface area contributed by atoms with E-state index in [1.807, 2.05) is 20.8 Å². The zero-order chi connectivity index (χ0) is 15.1. The van der Waals surface area contributed by atoms with Crippen molar-refractivity contribution in [3.63, 3.8) is 0 Å². The van der Waals surface area contributed by atoms with Crippen LogP contribution in [-0.2, 0) is 14.4 Å². The summed E-state index contributed by atoms with van der Waals surface area (Å²) in [5.74, 6) is -0.820. The molecule has 1 heterocycles. The molecule has 1 aliphatic carbocycles. The van der Waals surface area contributed by atoms with Crippen LogP contribution in [0.5, 0.6) is 0 Å². The zero-order valence-corrected chi connectivity index (χ0v) is 12.9. The van der Waals surface area contributed by atoms with Gasteiger partial charge in [0.15, 0.2) is 0 Å². The summed E-state index contributed by atoms with van der Waals surface area (Å²) < 4.78 is 0. The van der Waals surface area contributed by atoms with Crippen molar-refractivity contribution < 1.29 is 19.5 Å². The number of nitrogens with one attached hydrogen (secondary N) is 1. The Morgan fingerprint density at radius 1 is 1.30 bits per heavy atom. The molecule has 1 aliphatic heterocycles. The number of thioether (sulfide) groups is 1. The molecule has 0 radical (unpaired) electrons. The molecule has 20 heavy (non-hydrogen) atoms. The van der Waals surface area contributed by atoms with Crippen LogP contribution >= 0.6 is 11.8 Å². The minimum atomic E-state index is -0.848. The number of carboxylic acids is 1. The Labute approximate surface area is 122 Å². The summed E-state index contributed by atoms with van der Waals surface area (Å²) in [6, 6.07) is -0.413. The number of carboxylic acid groups (broad SMARTS) is 1. The highest BCUT2D eigenvalue weighted by molar-refractivity contribution is 8.14. The fourth-order valence-corrected chi connectivity index (χ4v) is 4.22. The van der Waals surface area contributed by atoms with E-state index in [2.05, 4.69) is 5.32 Å². The van der Waals surface area contributed by atoms with E-state index in [-0.39, 0.29) is 11.0 Å². The van der Waals surface area contributed by atoms with Gasteiger partial charge in [-0.1, -0.05) is 32.5 Å². The lowest BCUT2D eigenvalue weighted by molar-refractivity contribution is -0.149. The summed E-state index contributed by atoms with van der Waals surface area (Å²) >= 11 is 1.25. The van der Waals surface area contributed by atoms with Crippen molar-refractivity contribution in [2.75, 3.05) is 5.75 Å². The van der Waals surface area contributed by atoms with Crippen molar-refractivity contribution in [3.8, 4) is 0 Å². The van der Waals surface area contributed by atoms with E-state index in [1.54, 1.807) is 0 Å². The summed E-state index contributed by atoms with van der Waals surface area (Å²) in [7, 11) is 0. The smallest absolute Gasteiger partial charge is 0.307 e. The van der Waals surface area contributed by atoms with Crippen LogP contribution in [0, 0.1) is 16.7 Å². The van der Waals surface area contributed by atoms with Gasteiger partial charge in [0.1, 0.15) is 0 Å². The summed E-state index contributed by atoms with van der Waals surface area (Å²) in [6.07, 6.45) is 1.70. The lowest BCUT2D eigenvalue weighted by Gasteiger charge is -2.39. The van der Waals surface area contributed by atoms with Crippen LogP contribution in [0.25, 0.3) is 0 Å². The first-order valence-corrected chi connectivity index (χ1v) is 7.89. The van der Waals surface area contributed by atoms with Crippen LogP contribution < -0.4 is 5.32 Å². The third kappa shape index (κ3) is 2.24. The molecule has 0 aromatic carbocycles. The Hall–Kier alpha value is -1.04. The fourth-order valence-electron chi connectivity index (χ4n) is 3.28. The maximum absolute atomic E-state index is 12.6. The summed E-state index contributed by atoms with van der Waals surface area (Å²) in [5.41, 5.74) is -1.37. The predicted molar refractivity (Wildman–Crippen MR) is 76.3 cm³/mol. The Kier molecular flexibility index (Phi) is 3.88. The number of rotatable bonds is 3. The molecule has 1 amide bonds. The first-order chi connectivity index (χ1) is 9.20. The molecule has 2 aliphatic rings. The quantitative estimate of drug-likeness (QED) is 0.828. The maximum atomic E-state index is 12.6. The van der Waals surface area contributed by atoms with E-state index < -0.39 is 28.8 Å². The summed E-state index contributed by atoms with van der Waals surface area (Å²) in [6.45, 7) is 5.49. The molecule has 0 bridgehead atoms. The van der Waals surface area contributed by atoms with E-state index in [1.165, 1.54) is 11.8 Å². The highest BCUT2D eigenvalue weighted by Gasteiger charge is 2.58. The van der Waals surface area contributed by atoms with Crippen LogP contribution in [0.2, 0.25) is 0 Å². The number of amides is 1. The van der Waals surface area contributed by atoms with Crippen LogP contribution in [0.1, 0.15) is 40.0 Å². The predicted octanol–water partition coefficient (Wildman–Crippen LogP) is 1.66. The molecular formula is C14H21NO4S. The van der Waals surface area contributed by atoms with E-state index in [4.69, 9.17) is 0 Å². The molecule has 6 heteroatoms. The van der Waals surface area contributed by atoms with Gasteiger partial charge in [0.2, 0.25) is 11.0 Å². The Bertz CT molecular complexity index is 462. The second-order valence-corrected chi connectivity index (χ2v) is 7.56. The average Bonchev–Trinajstić information content (AvgIpc) is 2.83. The van der Waals surface area contributed by atoms with Gasteiger partial charge in [-0.2, -0.15) is 0 Å². The monoisotopic (exact) mass is 299 g/mol. The average molecular weight is 299 g/mol. The van der Waals surface area contributed by atoms with Gasteiger partial charge in [-0.15, -0.1) is 0 Å². The van der Waals surface area contributed by atoms with E-state index in [0.717, 1.165) is 5.75 Å². The van der Waals surface area contributed by atoms with Gasteiger partial charge in [0.25, 0.3) is 0 Å². The van der Waals surface area contributed by atoms with Gasteiger partial charge >= 0.3 is 5.97 Å². The van der Waals surface area contributed by atoms with E-state index in [0.29, 0.717) is 19.3 Å². The third-order valence-corrected chi connectivity index (χ3v) is 6.28. The molecule has 3 unspecified atom stereocenters. The highest BCUT2D eigenvalue weighted by atomic mass is 32.2. The lowest BCUT2D eigenvalue weighted by Crippen LogP contribution is -2.51. The van der Waals surface area contributed by atoms with Crippen LogP contribution in [0.4, 0.5) is 0 Å². The first-order valence-electron chi connectivity index (χ1n) is 6.90. The number of hydrogen-bond donors (Lipinski definition) is 2. The molecule has 5 nitrogen and oxygen atoms in total. The molecular weight excluding hydrogens is 278 g/mol. The van der Waals surface area contributed by atoms with Crippen molar-refractivity contribution in [1.29, 1.82) is 0 Å². The standard InChI is InChI=1S/C14H21NO4S/c1-13(2)8(10(16)17)4-6-14(13,3)12(19)15-9-5-7-20-11(9)18/h8-9H,4-7H2,1-3H3,(H,15,19)(H,16,17).